The van der Waals surface area contributed by atoms with Crippen LogP contribution in [0, 0.1) is 40.4 Å². The van der Waals surface area contributed by atoms with Crippen molar-refractivity contribution in [3.05, 3.63) is 11.6 Å². The molecule has 7 atom stereocenters. The fourth-order valence-electron chi connectivity index (χ4n) is 7.74. The molecular weight excluding hydrogens is 369 g/mol. The fraction of sp³-hybridized carbons (Fsp3) is 0.818. The van der Waals surface area contributed by atoms with Crippen LogP contribution < -0.4 is 0 Å². The lowest BCUT2D eigenvalue weighted by Gasteiger charge is -2.60. The van der Waals surface area contributed by atoms with Crippen molar-refractivity contribution in [1.82, 2.24) is 0 Å². The summed E-state index contributed by atoms with van der Waals surface area (Å²) < 4.78 is 38.9. The van der Waals surface area contributed by atoms with Crippen LogP contribution in [-0.2, 0) is 9.59 Å². The molecule has 4 fully saturated rings. The van der Waals surface area contributed by atoms with E-state index in [9.17, 15) is 27.9 Å². The molecule has 0 saturated heterocycles. The van der Waals surface area contributed by atoms with Crippen LogP contribution in [0.5, 0.6) is 0 Å². The summed E-state index contributed by atoms with van der Waals surface area (Å²) in [7, 11) is 0. The minimum absolute atomic E-state index is 0.0601. The van der Waals surface area contributed by atoms with E-state index in [0.29, 0.717) is 18.3 Å². The Morgan fingerprint density at radius 2 is 1.75 bits per heavy atom. The van der Waals surface area contributed by atoms with Gasteiger partial charge in [-0.15, -0.1) is 0 Å². The van der Waals surface area contributed by atoms with E-state index in [1.54, 1.807) is 0 Å². The second-order valence-electron chi connectivity index (χ2n) is 10.2. The number of carbonyl (C=O) groups is 2. The van der Waals surface area contributed by atoms with E-state index in [1.807, 2.05) is 0 Å². The molecule has 0 spiro atoms. The Hall–Kier alpha value is -1.33. The number of carboxylic acids is 1. The maximum atomic E-state index is 13.0. The lowest BCUT2D eigenvalue weighted by molar-refractivity contribution is -0.152. The third kappa shape index (κ3) is 2.93. The van der Waals surface area contributed by atoms with Gasteiger partial charge in [0.15, 0.2) is 5.78 Å². The zero-order valence-electron chi connectivity index (χ0n) is 16.5. The first-order valence-electron chi connectivity index (χ1n) is 10.5. The second-order valence-corrected chi connectivity index (χ2v) is 10.2. The normalized spacial score (nSPS) is 47.4. The number of Topliss-reactive ketones (excluding diaryl/α,β-unsaturated/α-hetero) is 1. The van der Waals surface area contributed by atoms with E-state index in [-0.39, 0.29) is 58.9 Å². The van der Waals surface area contributed by atoms with Crippen molar-refractivity contribution in [1.29, 1.82) is 0 Å². The molecule has 1 N–H and O–H groups in total. The molecule has 0 aromatic heterocycles. The first-order valence-corrected chi connectivity index (χ1v) is 10.5. The second kappa shape index (κ2) is 6.33. The van der Waals surface area contributed by atoms with Crippen LogP contribution in [0.2, 0.25) is 0 Å². The van der Waals surface area contributed by atoms with Crippen molar-refractivity contribution in [3.8, 4) is 0 Å². The first kappa shape index (κ1) is 20.0. The zero-order chi connectivity index (χ0) is 20.5. The number of hydrogen-bond acceptors (Lipinski definition) is 2. The van der Waals surface area contributed by atoms with Crippen LogP contribution in [0.1, 0.15) is 65.2 Å². The van der Waals surface area contributed by atoms with Gasteiger partial charge in [-0.3, -0.25) is 9.59 Å². The van der Waals surface area contributed by atoms with Gasteiger partial charge >= 0.3 is 12.1 Å². The summed E-state index contributed by atoms with van der Waals surface area (Å²) in [6, 6.07) is 0. The molecule has 3 nitrogen and oxygen atoms in total. The highest BCUT2D eigenvalue weighted by Crippen LogP contribution is 2.67. The van der Waals surface area contributed by atoms with Gasteiger partial charge in [0.1, 0.15) is 0 Å². The molecule has 4 saturated carbocycles. The predicted octanol–water partition coefficient (Wildman–Crippen LogP) is 5.40. The Balaban J connectivity index is 1.64. The maximum Gasteiger partial charge on any atom is 0.410 e. The quantitative estimate of drug-likeness (QED) is 0.602. The van der Waals surface area contributed by atoms with Gasteiger partial charge in [-0.2, -0.15) is 13.2 Å². The summed E-state index contributed by atoms with van der Waals surface area (Å²) >= 11 is 0. The van der Waals surface area contributed by atoms with Crippen molar-refractivity contribution in [2.45, 2.75) is 71.4 Å². The van der Waals surface area contributed by atoms with E-state index in [2.05, 4.69) is 13.8 Å². The average Bonchev–Trinajstić information content (AvgIpc) is 2.92. The molecule has 0 amide bonds. The molecule has 7 unspecified atom stereocenters. The first-order chi connectivity index (χ1) is 13.0. The minimum atomic E-state index is -4.46. The minimum Gasteiger partial charge on any atom is -0.481 e. The molecule has 4 aliphatic carbocycles. The Morgan fingerprint density at radius 3 is 2.39 bits per heavy atom. The molecule has 156 valence electrons. The number of carbonyl (C=O) groups excluding carboxylic acids is 1. The highest BCUT2D eigenvalue weighted by molar-refractivity contribution is 5.96. The number of aliphatic carboxylic acids is 1. The molecule has 4 aliphatic rings. The van der Waals surface area contributed by atoms with Gasteiger partial charge in [0.25, 0.3) is 0 Å². The van der Waals surface area contributed by atoms with Crippen LogP contribution in [0.25, 0.3) is 0 Å². The number of halogens is 3. The standard InChI is InChI=1S/C22H29F3O3/c1-20-8-7-16-14(15(20)5-6-17(20)19(27)28)4-3-13-9-18(26)12(10-21(13,16)2)11-22(23,24)25/h11,13-17H,3-10H2,1-2H3,(H,27,28)/b12-11-. The van der Waals surface area contributed by atoms with Crippen molar-refractivity contribution >= 4 is 11.8 Å². The molecule has 6 heteroatoms. The number of ketones is 1. The van der Waals surface area contributed by atoms with Crippen LogP contribution in [0.15, 0.2) is 11.6 Å². The van der Waals surface area contributed by atoms with E-state index in [4.69, 9.17) is 0 Å². The van der Waals surface area contributed by atoms with Gasteiger partial charge in [0.2, 0.25) is 0 Å². The molecule has 28 heavy (non-hydrogen) atoms. The Labute approximate surface area is 163 Å². The van der Waals surface area contributed by atoms with Gasteiger partial charge in [-0.05, 0) is 79.4 Å². The summed E-state index contributed by atoms with van der Waals surface area (Å²) in [5.74, 6) is -0.234. The molecule has 0 bridgehead atoms. The smallest absolute Gasteiger partial charge is 0.410 e. The van der Waals surface area contributed by atoms with Gasteiger partial charge < -0.3 is 5.11 Å². The third-order valence-electron chi connectivity index (χ3n) is 9.06. The fourth-order valence-corrected chi connectivity index (χ4v) is 7.74. The molecule has 0 radical (unpaired) electrons. The molecular formula is C22H29F3O3. The van der Waals surface area contributed by atoms with Crippen LogP contribution in [-0.4, -0.2) is 23.0 Å². The molecule has 0 aromatic carbocycles. The van der Waals surface area contributed by atoms with Crippen molar-refractivity contribution < 1.29 is 27.9 Å². The summed E-state index contributed by atoms with van der Waals surface area (Å²) in [6.45, 7) is 4.21. The largest absolute Gasteiger partial charge is 0.481 e. The number of carboxylic acid groups (broad SMARTS) is 1. The van der Waals surface area contributed by atoms with Gasteiger partial charge in [0, 0.05) is 18.1 Å². The average molecular weight is 398 g/mol. The zero-order valence-corrected chi connectivity index (χ0v) is 16.5. The molecule has 4 rings (SSSR count). The SMILES string of the molecule is CC12C/C(=C/C(F)(F)F)C(=O)CC1CCC1C2CCC2(C)C(C(=O)O)CCC12. The van der Waals surface area contributed by atoms with Crippen LogP contribution in [0.3, 0.4) is 0 Å². The van der Waals surface area contributed by atoms with Gasteiger partial charge in [-0.25, -0.2) is 0 Å². The molecule has 0 aromatic rings. The summed E-state index contributed by atoms with van der Waals surface area (Å²) in [5, 5.41) is 9.67. The van der Waals surface area contributed by atoms with E-state index < -0.39 is 12.1 Å². The Bertz CT molecular complexity index is 727. The Kier molecular flexibility index (Phi) is 4.51. The topological polar surface area (TPSA) is 54.4 Å². The van der Waals surface area contributed by atoms with Crippen LogP contribution in [0.4, 0.5) is 13.2 Å². The highest BCUT2D eigenvalue weighted by atomic mass is 19.4. The number of allylic oxidation sites excluding steroid dienone is 2. The summed E-state index contributed by atoms with van der Waals surface area (Å²) in [6.07, 6.45) is 1.33. The summed E-state index contributed by atoms with van der Waals surface area (Å²) in [4.78, 5) is 24.1. The number of hydrogen-bond donors (Lipinski definition) is 1. The maximum absolute atomic E-state index is 13.0. The lowest BCUT2D eigenvalue weighted by Crippen LogP contribution is -2.54. The van der Waals surface area contributed by atoms with E-state index >= 15 is 0 Å². The number of fused-ring (bicyclic) bond motifs is 5. The lowest BCUT2D eigenvalue weighted by atomic mass is 9.44. The number of rotatable bonds is 1. The van der Waals surface area contributed by atoms with Crippen molar-refractivity contribution in [2.75, 3.05) is 0 Å². The monoisotopic (exact) mass is 398 g/mol. The molecule has 0 aliphatic heterocycles. The Morgan fingerprint density at radius 1 is 1.07 bits per heavy atom. The van der Waals surface area contributed by atoms with Crippen LogP contribution >= 0.6 is 0 Å². The highest BCUT2D eigenvalue weighted by Gasteiger charge is 2.61. The van der Waals surface area contributed by atoms with Gasteiger partial charge in [-0.1, -0.05) is 13.8 Å². The van der Waals surface area contributed by atoms with E-state index in [0.717, 1.165) is 32.1 Å². The summed E-state index contributed by atoms with van der Waals surface area (Å²) in [5.41, 5.74) is -0.558. The molecule has 0 heterocycles. The van der Waals surface area contributed by atoms with Gasteiger partial charge in [0.05, 0.1) is 5.92 Å². The number of alkyl halides is 3. The predicted molar refractivity (Wildman–Crippen MR) is 97.4 cm³/mol. The van der Waals surface area contributed by atoms with E-state index in [1.165, 1.54) is 0 Å². The van der Waals surface area contributed by atoms with Crippen molar-refractivity contribution in [3.63, 3.8) is 0 Å². The third-order valence-corrected chi connectivity index (χ3v) is 9.06. The van der Waals surface area contributed by atoms with Crippen molar-refractivity contribution in [2.24, 2.45) is 40.4 Å².